The van der Waals surface area contributed by atoms with E-state index < -0.39 is 5.82 Å². The van der Waals surface area contributed by atoms with Crippen LogP contribution in [0.2, 0.25) is 0 Å². The summed E-state index contributed by atoms with van der Waals surface area (Å²) >= 11 is 0. The lowest BCUT2D eigenvalue weighted by Crippen LogP contribution is -1.96. The van der Waals surface area contributed by atoms with E-state index in [0.29, 0.717) is 12.2 Å². The third-order valence-electron chi connectivity index (χ3n) is 2.49. The van der Waals surface area contributed by atoms with Crippen LogP contribution < -0.4 is 10.5 Å². The molecule has 0 saturated heterocycles. The molecule has 17 heavy (non-hydrogen) atoms. The van der Waals surface area contributed by atoms with E-state index in [-0.39, 0.29) is 5.88 Å². The van der Waals surface area contributed by atoms with Gasteiger partial charge in [0.2, 0.25) is 0 Å². The molecule has 2 rings (SSSR count). The predicted molar refractivity (Wildman–Crippen MR) is 64.1 cm³/mol. The quantitative estimate of drug-likeness (QED) is 0.883. The van der Waals surface area contributed by atoms with Gasteiger partial charge < -0.3 is 10.5 Å². The molecule has 88 valence electrons. The third kappa shape index (κ3) is 2.42. The molecule has 0 radical (unpaired) electrons. The van der Waals surface area contributed by atoms with Gasteiger partial charge in [0, 0.05) is 12.1 Å². The number of benzene rings is 1. The van der Waals surface area contributed by atoms with Crippen LogP contribution in [0.4, 0.5) is 4.39 Å². The van der Waals surface area contributed by atoms with Crippen LogP contribution >= 0.6 is 0 Å². The molecule has 0 fully saturated rings. The van der Waals surface area contributed by atoms with Gasteiger partial charge in [0.25, 0.3) is 5.88 Å². The van der Waals surface area contributed by atoms with Crippen LogP contribution in [-0.4, -0.2) is 12.1 Å². The van der Waals surface area contributed by atoms with Gasteiger partial charge in [-0.15, -0.1) is 0 Å². The smallest absolute Gasteiger partial charge is 0.250 e. The molecular formula is C13H13FN2O. The number of hydrogen-bond donors (Lipinski definition) is 1. The summed E-state index contributed by atoms with van der Waals surface area (Å²) in [6.07, 6.45) is 0. The van der Waals surface area contributed by atoms with Gasteiger partial charge >= 0.3 is 0 Å². The van der Waals surface area contributed by atoms with E-state index in [0.717, 1.165) is 11.1 Å². The highest BCUT2D eigenvalue weighted by Crippen LogP contribution is 2.22. The second-order valence-corrected chi connectivity index (χ2v) is 3.59. The first-order valence-electron chi connectivity index (χ1n) is 5.24. The Hall–Kier alpha value is -1.94. The summed E-state index contributed by atoms with van der Waals surface area (Å²) in [5.74, 6) is -0.458. The Morgan fingerprint density at radius 2 is 1.88 bits per heavy atom. The number of pyridine rings is 1. The number of aromatic nitrogens is 1. The first-order chi connectivity index (χ1) is 8.24. The van der Waals surface area contributed by atoms with Crippen molar-refractivity contribution < 1.29 is 9.13 Å². The number of rotatable bonds is 3. The molecular weight excluding hydrogens is 219 g/mol. The summed E-state index contributed by atoms with van der Waals surface area (Å²) in [5.41, 5.74) is 8.14. The van der Waals surface area contributed by atoms with Crippen molar-refractivity contribution in [3.05, 3.63) is 47.8 Å². The van der Waals surface area contributed by atoms with Crippen molar-refractivity contribution in [2.75, 3.05) is 7.11 Å². The van der Waals surface area contributed by atoms with E-state index in [1.807, 2.05) is 24.3 Å². The Morgan fingerprint density at radius 3 is 2.47 bits per heavy atom. The van der Waals surface area contributed by atoms with Crippen molar-refractivity contribution in [2.24, 2.45) is 5.73 Å². The van der Waals surface area contributed by atoms with Crippen molar-refractivity contribution in [3.63, 3.8) is 0 Å². The molecule has 0 aliphatic carbocycles. The maximum absolute atomic E-state index is 13.2. The van der Waals surface area contributed by atoms with Crippen LogP contribution in [0.25, 0.3) is 11.3 Å². The fourth-order valence-electron chi connectivity index (χ4n) is 1.54. The molecule has 0 atom stereocenters. The van der Waals surface area contributed by atoms with E-state index in [9.17, 15) is 4.39 Å². The minimum atomic E-state index is -0.463. The van der Waals surface area contributed by atoms with Crippen LogP contribution in [0.3, 0.4) is 0 Å². The fraction of sp³-hybridized carbons (Fsp3) is 0.154. The zero-order valence-electron chi connectivity index (χ0n) is 9.48. The highest BCUT2D eigenvalue weighted by Gasteiger charge is 2.06. The Morgan fingerprint density at radius 1 is 1.18 bits per heavy atom. The maximum atomic E-state index is 13.2. The van der Waals surface area contributed by atoms with Gasteiger partial charge in [-0.2, -0.15) is 0 Å². The van der Waals surface area contributed by atoms with Crippen LogP contribution in [0.1, 0.15) is 5.56 Å². The summed E-state index contributed by atoms with van der Waals surface area (Å²) in [7, 11) is 1.40. The van der Waals surface area contributed by atoms with Crippen LogP contribution in [0.15, 0.2) is 36.4 Å². The molecule has 3 nitrogen and oxygen atoms in total. The average molecular weight is 232 g/mol. The molecule has 2 aromatic rings. The van der Waals surface area contributed by atoms with Crippen molar-refractivity contribution >= 4 is 0 Å². The van der Waals surface area contributed by atoms with Gasteiger partial charge in [-0.1, -0.05) is 24.3 Å². The van der Waals surface area contributed by atoms with Crippen molar-refractivity contribution in [2.45, 2.75) is 6.54 Å². The zero-order chi connectivity index (χ0) is 12.3. The Kier molecular flexibility index (Phi) is 3.35. The fourth-order valence-corrected chi connectivity index (χ4v) is 1.54. The van der Waals surface area contributed by atoms with E-state index >= 15 is 0 Å². The van der Waals surface area contributed by atoms with Gasteiger partial charge in [0.05, 0.1) is 12.8 Å². The molecule has 1 aromatic carbocycles. The number of nitrogens with two attached hydrogens (primary N) is 1. The summed E-state index contributed by atoms with van der Waals surface area (Å²) in [5, 5.41) is 0. The number of nitrogens with zero attached hydrogens (tertiary/aromatic N) is 1. The Balaban J connectivity index is 2.38. The van der Waals surface area contributed by atoms with Crippen molar-refractivity contribution in [3.8, 4) is 17.1 Å². The topological polar surface area (TPSA) is 48.1 Å². The van der Waals surface area contributed by atoms with E-state index in [1.165, 1.54) is 13.2 Å². The summed E-state index contributed by atoms with van der Waals surface area (Å²) in [6, 6.07) is 10.6. The van der Waals surface area contributed by atoms with E-state index in [4.69, 9.17) is 10.5 Å². The molecule has 0 aliphatic rings. The zero-order valence-corrected chi connectivity index (χ0v) is 9.48. The second kappa shape index (κ2) is 4.93. The monoisotopic (exact) mass is 232 g/mol. The largest absolute Gasteiger partial charge is 0.479 e. The highest BCUT2D eigenvalue weighted by atomic mass is 19.1. The van der Waals surface area contributed by atoms with Gasteiger partial charge in [-0.25, -0.2) is 9.37 Å². The maximum Gasteiger partial charge on any atom is 0.250 e. The van der Waals surface area contributed by atoms with Crippen LogP contribution in [0, 0.1) is 5.82 Å². The molecule has 0 saturated carbocycles. The first-order valence-corrected chi connectivity index (χ1v) is 5.24. The summed E-state index contributed by atoms with van der Waals surface area (Å²) in [6.45, 7) is 0.500. The molecule has 0 aliphatic heterocycles. The van der Waals surface area contributed by atoms with Gasteiger partial charge in [-0.3, -0.25) is 0 Å². The standard InChI is InChI=1S/C13H13FN2O/c1-17-13-11(14)6-7-12(16-13)10-4-2-9(8-15)3-5-10/h2-7H,8,15H2,1H3. The lowest BCUT2D eigenvalue weighted by atomic mass is 10.1. The molecule has 2 N–H and O–H groups in total. The first kappa shape index (κ1) is 11.5. The van der Waals surface area contributed by atoms with Gasteiger partial charge in [0.15, 0.2) is 5.82 Å². The molecule has 1 heterocycles. The van der Waals surface area contributed by atoms with E-state index in [1.54, 1.807) is 6.07 Å². The molecule has 1 aromatic heterocycles. The lowest BCUT2D eigenvalue weighted by molar-refractivity contribution is 0.369. The minimum absolute atomic E-state index is 0.00500. The number of hydrogen-bond acceptors (Lipinski definition) is 3. The second-order valence-electron chi connectivity index (χ2n) is 3.59. The third-order valence-corrected chi connectivity index (χ3v) is 2.49. The minimum Gasteiger partial charge on any atom is -0.479 e. The van der Waals surface area contributed by atoms with E-state index in [2.05, 4.69) is 4.98 Å². The van der Waals surface area contributed by atoms with Gasteiger partial charge in [0.1, 0.15) is 0 Å². The Bertz CT molecular complexity index is 511. The average Bonchev–Trinajstić information content (AvgIpc) is 2.39. The van der Waals surface area contributed by atoms with Gasteiger partial charge in [-0.05, 0) is 17.7 Å². The predicted octanol–water partition coefficient (Wildman–Crippen LogP) is 2.36. The molecule has 0 spiro atoms. The summed E-state index contributed by atoms with van der Waals surface area (Å²) in [4.78, 5) is 4.09. The molecule has 0 amide bonds. The lowest BCUT2D eigenvalue weighted by Gasteiger charge is -2.05. The number of ether oxygens (including phenoxy) is 1. The Labute approximate surface area is 99.1 Å². The molecule has 4 heteroatoms. The van der Waals surface area contributed by atoms with Crippen molar-refractivity contribution in [1.29, 1.82) is 0 Å². The number of halogens is 1. The SMILES string of the molecule is COc1nc(-c2ccc(CN)cc2)ccc1F. The number of methoxy groups -OCH3 is 1. The normalized spacial score (nSPS) is 10.3. The summed E-state index contributed by atoms with van der Waals surface area (Å²) < 4.78 is 18.0. The van der Waals surface area contributed by atoms with Crippen molar-refractivity contribution in [1.82, 2.24) is 4.98 Å². The van der Waals surface area contributed by atoms with Crippen LogP contribution in [0.5, 0.6) is 5.88 Å². The van der Waals surface area contributed by atoms with Crippen LogP contribution in [-0.2, 0) is 6.54 Å². The highest BCUT2D eigenvalue weighted by molar-refractivity contribution is 5.60. The molecule has 0 bridgehead atoms. The molecule has 0 unspecified atom stereocenters.